The highest BCUT2D eigenvalue weighted by Crippen LogP contribution is 2.12. The van der Waals surface area contributed by atoms with Crippen molar-refractivity contribution in [1.29, 1.82) is 0 Å². The van der Waals surface area contributed by atoms with Crippen LogP contribution in [0.3, 0.4) is 0 Å². The van der Waals surface area contributed by atoms with Gasteiger partial charge in [0.15, 0.2) is 0 Å². The molecule has 1 aliphatic heterocycles. The monoisotopic (exact) mass is 194 g/mol. The van der Waals surface area contributed by atoms with E-state index >= 15 is 0 Å². The average molecular weight is 194 g/mol. The van der Waals surface area contributed by atoms with E-state index in [2.05, 4.69) is 35.9 Å². The lowest BCUT2D eigenvalue weighted by molar-refractivity contribution is 0.163. The van der Waals surface area contributed by atoms with Gasteiger partial charge in [0.1, 0.15) is 0 Å². The topological polar surface area (TPSA) is 15.3 Å². The fourth-order valence-corrected chi connectivity index (χ4v) is 1.90. The van der Waals surface area contributed by atoms with E-state index in [9.17, 15) is 0 Å². The molecule has 0 amide bonds. The summed E-state index contributed by atoms with van der Waals surface area (Å²) in [7, 11) is 0. The molecule has 2 heteroatoms. The van der Waals surface area contributed by atoms with Gasteiger partial charge >= 0.3 is 0 Å². The Labute approximate surface area is 88.1 Å². The predicted octanol–water partition coefficient (Wildman–Crippen LogP) is 1.47. The lowest BCUT2D eigenvalue weighted by atomic mass is 10.0. The van der Waals surface area contributed by atoms with Crippen molar-refractivity contribution in [2.45, 2.75) is 45.7 Å². The van der Waals surface area contributed by atoms with Crippen molar-refractivity contribution in [3.05, 3.63) is 0 Å². The highest BCUT2D eigenvalue weighted by molar-refractivity contribution is 4.98. The number of nitrogens with zero attached hydrogens (tertiary/aromatic N) is 1. The molecule has 1 rings (SSSR count). The van der Waals surface area contributed by atoms with Gasteiger partial charge in [-0.05, 0) is 46.7 Å². The summed E-state index contributed by atoms with van der Waals surface area (Å²) in [5.41, 5.74) is 0. The number of hydrogen-bond acceptors (Lipinski definition) is 2. The lowest BCUT2D eigenvalue weighted by Crippen LogP contribution is -2.45. The van der Waals surface area contributed by atoms with E-state index in [1.807, 2.05) is 6.92 Å². The molecule has 0 aliphatic carbocycles. The van der Waals surface area contributed by atoms with Crippen molar-refractivity contribution < 1.29 is 0 Å². The maximum Gasteiger partial charge on any atom is 0.0578 e. The van der Waals surface area contributed by atoms with Crippen LogP contribution < -0.4 is 5.32 Å². The minimum atomic E-state index is 0.686. The van der Waals surface area contributed by atoms with Crippen LogP contribution in [0.25, 0.3) is 0 Å². The highest BCUT2D eigenvalue weighted by atomic mass is 15.2. The summed E-state index contributed by atoms with van der Waals surface area (Å²) >= 11 is 0. The second-order valence-electron chi connectivity index (χ2n) is 4.21. The Kier molecular flexibility index (Phi) is 5.00. The zero-order valence-electron chi connectivity index (χ0n) is 9.64. The second-order valence-corrected chi connectivity index (χ2v) is 4.21. The summed E-state index contributed by atoms with van der Waals surface area (Å²) in [4.78, 5) is 2.55. The van der Waals surface area contributed by atoms with E-state index in [1.165, 1.54) is 25.9 Å². The van der Waals surface area contributed by atoms with E-state index in [-0.39, 0.29) is 0 Å². The van der Waals surface area contributed by atoms with Gasteiger partial charge in [-0.3, -0.25) is 0 Å². The van der Waals surface area contributed by atoms with Crippen molar-refractivity contribution in [3.63, 3.8) is 0 Å². The van der Waals surface area contributed by atoms with E-state index in [4.69, 9.17) is 0 Å². The molecule has 0 spiro atoms. The maximum atomic E-state index is 3.48. The van der Waals surface area contributed by atoms with E-state index in [0.29, 0.717) is 12.1 Å². The molecule has 0 unspecified atom stereocenters. The smallest absolute Gasteiger partial charge is 0.0578 e. The molecule has 1 aliphatic rings. The van der Waals surface area contributed by atoms with E-state index < -0.39 is 0 Å². The Hall–Kier alpha value is -0.520. The van der Waals surface area contributed by atoms with Gasteiger partial charge in [-0.25, -0.2) is 0 Å². The lowest BCUT2D eigenvalue weighted by Gasteiger charge is -2.34. The first-order valence-corrected chi connectivity index (χ1v) is 5.61. The number of piperidine rings is 1. The summed E-state index contributed by atoms with van der Waals surface area (Å²) < 4.78 is 0. The Morgan fingerprint density at radius 3 is 2.50 bits per heavy atom. The van der Waals surface area contributed by atoms with Gasteiger partial charge in [-0.1, -0.05) is 5.92 Å². The molecule has 0 atom stereocenters. The average Bonchev–Trinajstić information content (AvgIpc) is 2.19. The molecule has 1 saturated heterocycles. The Balaban J connectivity index is 2.17. The van der Waals surface area contributed by atoms with Crippen LogP contribution in [-0.4, -0.2) is 36.6 Å². The largest absolute Gasteiger partial charge is 0.303 e. The summed E-state index contributed by atoms with van der Waals surface area (Å²) in [6, 6.07) is 1.39. The third-order valence-corrected chi connectivity index (χ3v) is 2.92. The first kappa shape index (κ1) is 11.6. The maximum absolute atomic E-state index is 3.48. The van der Waals surface area contributed by atoms with Crippen molar-refractivity contribution in [2.24, 2.45) is 0 Å². The molecule has 0 aromatic rings. The summed E-state index contributed by atoms with van der Waals surface area (Å²) in [5, 5.41) is 3.48. The van der Waals surface area contributed by atoms with E-state index in [1.54, 1.807) is 0 Å². The van der Waals surface area contributed by atoms with Crippen molar-refractivity contribution >= 4 is 0 Å². The Bertz CT molecular complexity index is 204. The molecule has 80 valence electrons. The standard InChI is InChI=1S/C12H22N2/c1-4-5-8-13-12-6-9-14(10-7-12)11(2)3/h11-13H,6-10H2,1-3H3. The second kappa shape index (κ2) is 6.06. The quantitative estimate of drug-likeness (QED) is 0.685. The van der Waals surface area contributed by atoms with Gasteiger partial charge < -0.3 is 10.2 Å². The van der Waals surface area contributed by atoms with Gasteiger partial charge in [0, 0.05) is 12.1 Å². The van der Waals surface area contributed by atoms with Gasteiger partial charge in [-0.15, -0.1) is 5.92 Å². The number of hydrogen-bond donors (Lipinski definition) is 1. The molecule has 14 heavy (non-hydrogen) atoms. The molecule has 0 radical (unpaired) electrons. The third kappa shape index (κ3) is 3.69. The fraction of sp³-hybridized carbons (Fsp3) is 0.833. The molecule has 0 saturated carbocycles. The van der Waals surface area contributed by atoms with Gasteiger partial charge in [0.05, 0.1) is 6.54 Å². The molecular weight excluding hydrogens is 172 g/mol. The SMILES string of the molecule is CC#CCNC1CCN(C(C)C)CC1. The summed E-state index contributed by atoms with van der Waals surface area (Å²) in [5.74, 6) is 5.97. The molecule has 2 nitrogen and oxygen atoms in total. The summed E-state index contributed by atoms with van der Waals surface area (Å²) in [6.07, 6.45) is 2.53. The van der Waals surface area contributed by atoms with Crippen molar-refractivity contribution in [3.8, 4) is 11.8 Å². The van der Waals surface area contributed by atoms with Gasteiger partial charge in [0.25, 0.3) is 0 Å². The first-order valence-electron chi connectivity index (χ1n) is 5.61. The zero-order chi connectivity index (χ0) is 10.4. The van der Waals surface area contributed by atoms with Crippen LogP contribution in [0.2, 0.25) is 0 Å². The van der Waals surface area contributed by atoms with Gasteiger partial charge in [0.2, 0.25) is 0 Å². The molecule has 1 heterocycles. The Morgan fingerprint density at radius 2 is 2.00 bits per heavy atom. The molecule has 0 aromatic heterocycles. The predicted molar refractivity (Wildman–Crippen MR) is 61.2 cm³/mol. The van der Waals surface area contributed by atoms with E-state index in [0.717, 1.165) is 6.54 Å². The number of rotatable bonds is 3. The fourth-order valence-electron chi connectivity index (χ4n) is 1.90. The molecule has 1 N–H and O–H groups in total. The minimum Gasteiger partial charge on any atom is -0.303 e. The van der Waals surface area contributed by atoms with Crippen LogP contribution in [0.15, 0.2) is 0 Å². The Morgan fingerprint density at radius 1 is 1.36 bits per heavy atom. The zero-order valence-corrected chi connectivity index (χ0v) is 9.64. The first-order chi connectivity index (χ1) is 6.74. The van der Waals surface area contributed by atoms with Crippen LogP contribution in [0.4, 0.5) is 0 Å². The van der Waals surface area contributed by atoms with Crippen LogP contribution in [-0.2, 0) is 0 Å². The highest BCUT2D eigenvalue weighted by Gasteiger charge is 2.19. The van der Waals surface area contributed by atoms with Crippen LogP contribution in [0, 0.1) is 11.8 Å². The number of likely N-dealkylation sites (tertiary alicyclic amines) is 1. The number of nitrogens with one attached hydrogen (secondary N) is 1. The van der Waals surface area contributed by atoms with Crippen molar-refractivity contribution in [1.82, 2.24) is 10.2 Å². The third-order valence-electron chi connectivity index (χ3n) is 2.92. The van der Waals surface area contributed by atoms with Crippen molar-refractivity contribution in [2.75, 3.05) is 19.6 Å². The molecule has 0 bridgehead atoms. The minimum absolute atomic E-state index is 0.686. The normalized spacial score (nSPS) is 19.4. The molecule has 1 fully saturated rings. The van der Waals surface area contributed by atoms with Crippen LogP contribution >= 0.6 is 0 Å². The van der Waals surface area contributed by atoms with Crippen LogP contribution in [0.5, 0.6) is 0 Å². The van der Waals surface area contributed by atoms with Crippen LogP contribution in [0.1, 0.15) is 33.6 Å². The molecular formula is C12H22N2. The summed E-state index contributed by atoms with van der Waals surface area (Å²) in [6.45, 7) is 9.75. The molecule has 0 aromatic carbocycles. The van der Waals surface area contributed by atoms with Gasteiger partial charge in [-0.2, -0.15) is 0 Å².